The molecule has 1 N–H and O–H groups in total. The summed E-state index contributed by atoms with van der Waals surface area (Å²) in [6, 6.07) is 3.91. The quantitative estimate of drug-likeness (QED) is 0.371. The van der Waals surface area contributed by atoms with Gasteiger partial charge >= 0.3 is 10.4 Å². The highest BCUT2D eigenvalue weighted by Gasteiger charge is 2.32. The van der Waals surface area contributed by atoms with Gasteiger partial charge < -0.3 is 18.7 Å². The summed E-state index contributed by atoms with van der Waals surface area (Å²) in [5.74, 6) is 1.80. The summed E-state index contributed by atoms with van der Waals surface area (Å²) >= 11 is 0. The average Bonchev–Trinajstić information content (AvgIpc) is 3.05. The molecular formula is C17H28NO7S+. The summed E-state index contributed by atoms with van der Waals surface area (Å²) in [6.07, 6.45) is 2.80. The minimum Gasteiger partial charge on any atom is -0.493 e. The average molecular weight is 390 g/mol. The zero-order chi connectivity index (χ0) is 19.2. The number of benzene rings is 1. The fourth-order valence-electron chi connectivity index (χ4n) is 3.65. The van der Waals surface area contributed by atoms with E-state index in [4.69, 9.17) is 18.8 Å². The molecule has 1 aromatic rings. The van der Waals surface area contributed by atoms with Crippen LogP contribution in [0.25, 0.3) is 0 Å². The summed E-state index contributed by atoms with van der Waals surface area (Å²) in [5.41, 5.74) is 1.07. The van der Waals surface area contributed by atoms with Crippen molar-refractivity contribution in [3.05, 3.63) is 17.7 Å². The van der Waals surface area contributed by atoms with Crippen molar-refractivity contribution in [2.24, 2.45) is 0 Å². The van der Waals surface area contributed by atoms with Gasteiger partial charge in [0.05, 0.1) is 47.6 Å². The predicted molar refractivity (Wildman–Crippen MR) is 96.0 cm³/mol. The van der Waals surface area contributed by atoms with Crippen molar-refractivity contribution in [2.75, 3.05) is 47.6 Å². The second-order valence-electron chi connectivity index (χ2n) is 6.51. The van der Waals surface area contributed by atoms with E-state index in [-0.39, 0.29) is 6.61 Å². The van der Waals surface area contributed by atoms with Gasteiger partial charge in [-0.25, -0.2) is 4.18 Å². The Morgan fingerprint density at radius 1 is 1.04 bits per heavy atom. The highest BCUT2D eigenvalue weighted by atomic mass is 32.3. The van der Waals surface area contributed by atoms with Crippen LogP contribution in [0.15, 0.2) is 12.1 Å². The minimum atomic E-state index is -4.38. The lowest BCUT2D eigenvalue weighted by molar-refractivity contribution is -0.929. The number of nitrogens with zero attached hydrogens (tertiary/aromatic N) is 1. The van der Waals surface area contributed by atoms with Crippen molar-refractivity contribution >= 4 is 10.4 Å². The molecule has 0 aliphatic carbocycles. The molecule has 1 aromatic carbocycles. The zero-order valence-corrected chi connectivity index (χ0v) is 16.4. The molecule has 1 aliphatic rings. The molecule has 148 valence electrons. The normalized spacial score (nSPS) is 16.5. The van der Waals surface area contributed by atoms with Crippen molar-refractivity contribution in [1.29, 1.82) is 0 Å². The highest BCUT2D eigenvalue weighted by molar-refractivity contribution is 7.80. The lowest BCUT2D eigenvalue weighted by Gasteiger charge is -2.34. The van der Waals surface area contributed by atoms with Crippen LogP contribution in [0.5, 0.6) is 17.2 Å². The van der Waals surface area contributed by atoms with Gasteiger partial charge in [-0.3, -0.25) is 4.55 Å². The van der Waals surface area contributed by atoms with Gasteiger partial charge in [0.1, 0.15) is 6.54 Å². The van der Waals surface area contributed by atoms with Gasteiger partial charge in [0, 0.05) is 24.8 Å². The number of rotatable bonds is 10. The van der Waals surface area contributed by atoms with Gasteiger partial charge in [-0.2, -0.15) is 8.42 Å². The predicted octanol–water partition coefficient (Wildman–Crippen LogP) is 2.03. The Morgan fingerprint density at radius 3 is 2.08 bits per heavy atom. The van der Waals surface area contributed by atoms with E-state index in [1.54, 1.807) is 21.3 Å². The van der Waals surface area contributed by atoms with Crippen LogP contribution in [-0.2, 0) is 21.1 Å². The zero-order valence-electron chi connectivity index (χ0n) is 15.6. The fourth-order valence-corrected chi connectivity index (χ4v) is 3.97. The van der Waals surface area contributed by atoms with Crippen LogP contribution in [0.3, 0.4) is 0 Å². The van der Waals surface area contributed by atoms with E-state index in [1.165, 1.54) is 0 Å². The maximum absolute atomic E-state index is 10.7. The van der Waals surface area contributed by atoms with E-state index < -0.39 is 10.4 Å². The first kappa shape index (κ1) is 20.8. The Morgan fingerprint density at radius 2 is 1.62 bits per heavy atom. The molecule has 26 heavy (non-hydrogen) atoms. The molecule has 8 nitrogen and oxygen atoms in total. The molecule has 0 spiro atoms. The molecular weight excluding hydrogens is 362 g/mol. The van der Waals surface area contributed by atoms with Crippen LogP contribution in [0.4, 0.5) is 0 Å². The third-order valence-corrected chi connectivity index (χ3v) is 5.23. The smallest absolute Gasteiger partial charge is 0.397 e. The minimum absolute atomic E-state index is 0.0198. The number of quaternary nitrogens is 1. The third-order valence-electron chi connectivity index (χ3n) is 4.77. The molecule has 1 saturated heterocycles. The Balaban J connectivity index is 2.14. The van der Waals surface area contributed by atoms with Gasteiger partial charge in [0.25, 0.3) is 0 Å². The summed E-state index contributed by atoms with van der Waals surface area (Å²) < 4.78 is 51.6. The molecule has 0 radical (unpaired) electrons. The van der Waals surface area contributed by atoms with E-state index >= 15 is 0 Å². The SMILES string of the molecule is COc1cc(C[N+]2(CCCOS(=O)(=O)O)CCCC2)cc(OC)c1OC. The molecule has 1 fully saturated rings. The molecule has 1 heterocycles. The van der Waals surface area contributed by atoms with Gasteiger partial charge in [-0.1, -0.05) is 0 Å². The lowest BCUT2D eigenvalue weighted by atomic mass is 10.1. The molecule has 0 saturated carbocycles. The standard InChI is InChI=1S/C17H27NO7S/c1-22-15-11-14(12-16(23-2)17(15)24-3)13-18(7-4-5-8-18)9-6-10-25-26(19,20)21/h11-12H,4-10,13H2,1-3H3/p+1. The van der Waals surface area contributed by atoms with Crippen molar-refractivity contribution < 1.29 is 35.8 Å². The van der Waals surface area contributed by atoms with E-state index in [0.717, 1.165) is 49.1 Å². The molecule has 9 heteroatoms. The van der Waals surface area contributed by atoms with Crippen molar-refractivity contribution in [1.82, 2.24) is 0 Å². The summed E-state index contributed by atoms with van der Waals surface area (Å²) in [6.45, 7) is 3.56. The van der Waals surface area contributed by atoms with E-state index in [2.05, 4.69) is 4.18 Å². The van der Waals surface area contributed by atoms with Crippen molar-refractivity contribution in [3.63, 3.8) is 0 Å². The van der Waals surface area contributed by atoms with Gasteiger partial charge in [-0.15, -0.1) is 0 Å². The third kappa shape index (κ3) is 5.47. The number of ether oxygens (including phenoxy) is 3. The Hall–Kier alpha value is -1.55. The first-order valence-electron chi connectivity index (χ1n) is 8.58. The fraction of sp³-hybridized carbons (Fsp3) is 0.647. The Bertz CT molecular complexity index is 674. The van der Waals surface area contributed by atoms with Crippen molar-refractivity contribution in [3.8, 4) is 17.2 Å². The summed E-state index contributed by atoms with van der Waals surface area (Å²) in [5, 5.41) is 0. The highest BCUT2D eigenvalue weighted by Crippen LogP contribution is 2.39. The van der Waals surface area contributed by atoms with Gasteiger partial charge in [0.15, 0.2) is 11.5 Å². The monoisotopic (exact) mass is 390 g/mol. The second kappa shape index (κ2) is 8.90. The van der Waals surface area contributed by atoms with Crippen LogP contribution in [0.1, 0.15) is 24.8 Å². The van der Waals surface area contributed by atoms with E-state index in [0.29, 0.717) is 23.7 Å². The molecule has 1 aliphatic heterocycles. The van der Waals surface area contributed by atoms with Crippen molar-refractivity contribution in [2.45, 2.75) is 25.8 Å². The molecule has 0 unspecified atom stereocenters. The number of hydrogen-bond acceptors (Lipinski definition) is 6. The van der Waals surface area contributed by atoms with E-state index in [9.17, 15) is 8.42 Å². The van der Waals surface area contributed by atoms with Gasteiger partial charge in [0.2, 0.25) is 5.75 Å². The molecule has 0 atom stereocenters. The summed E-state index contributed by atoms with van der Waals surface area (Å²) in [4.78, 5) is 0. The van der Waals surface area contributed by atoms with Gasteiger partial charge in [-0.05, 0) is 12.1 Å². The van der Waals surface area contributed by atoms with E-state index in [1.807, 2.05) is 12.1 Å². The number of methoxy groups -OCH3 is 3. The van der Waals surface area contributed by atoms with Crippen LogP contribution in [-0.4, -0.2) is 65.0 Å². The lowest BCUT2D eigenvalue weighted by Crippen LogP contribution is -2.45. The van der Waals surface area contributed by atoms with Crippen LogP contribution < -0.4 is 14.2 Å². The Kier molecular flexibility index (Phi) is 7.10. The number of likely N-dealkylation sites (tertiary alicyclic amines) is 1. The van der Waals surface area contributed by atoms with Crippen LogP contribution >= 0.6 is 0 Å². The summed E-state index contributed by atoms with van der Waals surface area (Å²) in [7, 11) is 0.377. The maximum Gasteiger partial charge on any atom is 0.397 e. The Labute approximate surface area is 155 Å². The van der Waals surface area contributed by atoms with Crippen LogP contribution in [0, 0.1) is 0 Å². The molecule has 2 rings (SSSR count). The molecule has 0 aromatic heterocycles. The molecule has 0 amide bonds. The maximum atomic E-state index is 10.7. The van der Waals surface area contributed by atoms with Crippen LogP contribution in [0.2, 0.25) is 0 Å². The first-order chi connectivity index (χ1) is 12.3. The number of hydrogen-bond donors (Lipinski definition) is 1. The topological polar surface area (TPSA) is 91.3 Å². The molecule has 0 bridgehead atoms. The second-order valence-corrected chi connectivity index (χ2v) is 7.61. The first-order valence-corrected chi connectivity index (χ1v) is 9.95. The largest absolute Gasteiger partial charge is 0.493 e.